The molecule has 2 N–H and O–H groups in total. The number of nitrogens with zero attached hydrogens (tertiary/aromatic N) is 2. The van der Waals surface area contributed by atoms with Gasteiger partial charge in [0, 0.05) is 66.6 Å². The topological polar surface area (TPSA) is 90.1 Å². The second-order valence-electron chi connectivity index (χ2n) is 13.0. The zero-order chi connectivity index (χ0) is 33.0. The zero-order valence-corrected chi connectivity index (χ0v) is 27.7. The van der Waals surface area contributed by atoms with Crippen molar-refractivity contribution in [2.45, 2.75) is 73.4 Å². The second kappa shape index (κ2) is 11.4. The Kier molecular flexibility index (Phi) is 8.02. The first-order chi connectivity index (χ1) is 21.1. The summed E-state index contributed by atoms with van der Waals surface area (Å²) >= 11 is 0. The molecule has 0 amide bonds. The normalized spacial score (nSPS) is 16.9. The van der Waals surface area contributed by atoms with Gasteiger partial charge in [0.1, 0.15) is 18.0 Å². The Morgan fingerprint density at radius 1 is 0.844 bits per heavy atom. The minimum Gasteiger partial charge on any atom is -0.481 e. The molecular weight excluding hydrogens is 564 g/mol. The Bertz CT molecular complexity index is 1940. The maximum absolute atomic E-state index is 12.5. The molecule has 3 aromatic carbocycles. The highest BCUT2D eigenvalue weighted by Gasteiger charge is 2.36. The van der Waals surface area contributed by atoms with Gasteiger partial charge in [-0.1, -0.05) is 24.3 Å². The number of ether oxygens (including phenoxy) is 1. The van der Waals surface area contributed by atoms with Gasteiger partial charge in [0.25, 0.3) is 5.97 Å². The van der Waals surface area contributed by atoms with E-state index in [4.69, 9.17) is 14.6 Å². The van der Waals surface area contributed by atoms with Crippen LogP contribution >= 0.6 is 0 Å². The number of rotatable bonds is 4. The first-order valence-electron chi connectivity index (χ1n) is 15.5. The number of anilines is 1. The van der Waals surface area contributed by atoms with Crippen LogP contribution < -0.4 is 24.8 Å². The maximum Gasteiger partial charge on any atom is 0.336 e. The fourth-order valence-electron chi connectivity index (χ4n) is 7.37. The number of fused-ring (bicyclic) bond motifs is 4. The van der Waals surface area contributed by atoms with Crippen molar-refractivity contribution < 1.29 is 24.5 Å². The molecule has 0 spiro atoms. The minimum atomic E-state index is -0.941. The average Bonchev–Trinajstić information content (AvgIpc) is 2.93. The van der Waals surface area contributed by atoms with Gasteiger partial charge in [-0.3, -0.25) is 4.79 Å². The molecule has 234 valence electrons. The van der Waals surface area contributed by atoms with Gasteiger partial charge in [0.2, 0.25) is 5.36 Å². The summed E-state index contributed by atoms with van der Waals surface area (Å²) in [7, 11) is 0. The number of aromatic carboxylic acids is 1. The van der Waals surface area contributed by atoms with Crippen LogP contribution in [0.1, 0.15) is 94.9 Å². The number of carboxylic acids is 2. The van der Waals surface area contributed by atoms with Crippen molar-refractivity contribution in [2.24, 2.45) is 0 Å². The Hall–Kier alpha value is -4.65. The zero-order valence-electron chi connectivity index (χ0n) is 27.7. The van der Waals surface area contributed by atoms with Gasteiger partial charge < -0.3 is 19.8 Å². The summed E-state index contributed by atoms with van der Waals surface area (Å²) in [6.07, 6.45) is 4.64. The summed E-state index contributed by atoms with van der Waals surface area (Å²) in [5, 5.41) is 19.7. The largest absolute Gasteiger partial charge is 0.481 e. The predicted octanol–water partition coefficient (Wildman–Crippen LogP) is 6.56. The van der Waals surface area contributed by atoms with Crippen molar-refractivity contribution >= 4 is 34.3 Å². The molecule has 45 heavy (non-hydrogen) atoms. The third kappa shape index (κ3) is 5.45. The van der Waals surface area contributed by atoms with Crippen molar-refractivity contribution in [3.8, 4) is 11.5 Å². The molecule has 0 saturated carbocycles. The van der Waals surface area contributed by atoms with Crippen LogP contribution in [0.2, 0.25) is 0 Å². The lowest BCUT2D eigenvalue weighted by Gasteiger charge is -2.43. The van der Waals surface area contributed by atoms with Gasteiger partial charge in [-0.2, -0.15) is 0 Å². The fourth-order valence-corrected chi connectivity index (χ4v) is 7.37. The third-order valence-corrected chi connectivity index (χ3v) is 8.98. The lowest BCUT2D eigenvalue weighted by Crippen LogP contribution is -2.49. The molecule has 3 aliphatic rings. The first-order valence-corrected chi connectivity index (χ1v) is 15.5. The standard InChI is InChI=1S/C36H38N2O3.C2H4O2/c1-9-37-29-17-31-27(15-25(29)21(3)19-35(37,5)6)33(23-13-11-12-14-24(23)34(39)40)28-16-26-22(4)20-36(7,8)38(10-2)30(26)18-32(28)41-31;1-2(3)4/h11-20H,9-10H2,1-8H3;1H3,(H,3,4)/p+1. The second-order valence-corrected chi connectivity index (χ2v) is 13.0. The van der Waals surface area contributed by atoms with E-state index in [2.05, 4.69) is 101 Å². The number of hydrogen-bond acceptors (Lipinski definition) is 4. The Morgan fingerprint density at radius 2 is 1.49 bits per heavy atom. The van der Waals surface area contributed by atoms with Crippen molar-refractivity contribution in [1.29, 1.82) is 0 Å². The molecule has 0 saturated heterocycles. The van der Waals surface area contributed by atoms with E-state index in [1.54, 1.807) is 12.1 Å². The highest BCUT2D eigenvalue weighted by molar-refractivity contribution is 5.99. The highest BCUT2D eigenvalue weighted by atomic mass is 16.5. The van der Waals surface area contributed by atoms with E-state index in [9.17, 15) is 9.90 Å². The molecule has 0 unspecified atom stereocenters. The molecule has 6 rings (SSSR count). The van der Waals surface area contributed by atoms with E-state index >= 15 is 0 Å². The van der Waals surface area contributed by atoms with Crippen LogP contribution in [-0.2, 0) is 4.79 Å². The fraction of sp³-hybridized carbons (Fsp3) is 0.342. The van der Waals surface area contributed by atoms with Gasteiger partial charge in [-0.15, -0.1) is 0 Å². The molecule has 3 aliphatic heterocycles. The number of benzene rings is 3. The molecule has 0 bridgehead atoms. The Morgan fingerprint density at radius 3 is 2.11 bits per heavy atom. The smallest absolute Gasteiger partial charge is 0.336 e. The van der Waals surface area contributed by atoms with Gasteiger partial charge in [-0.25, -0.2) is 9.37 Å². The SMILES string of the molecule is CC(=O)O.CCN1c2cc3c(cc2C(C)=CC1(C)C)C(c1ccccc1C(=O)O)=c1cc2c(cc1O3)=[N+](CC)C(C)(C)C=C2C. The first kappa shape index (κ1) is 31.8. The lowest BCUT2D eigenvalue weighted by atomic mass is 9.83. The molecule has 3 heterocycles. The Labute approximate surface area is 265 Å². The van der Waals surface area contributed by atoms with Crippen LogP contribution in [0.5, 0.6) is 11.5 Å². The summed E-state index contributed by atoms with van der Waals surface area (Å²) in [5.41, 5.74) is 8.37. The molecule has 3 aromatic rings. The third-order valence-electron chi connectivity index (χ3n) is 8.98. The van der Waals surface area contributed by atoms with Crippen molar-refractivity contribution in [1.82, 2.24) is 4.58 Å². The van der Waals surface area contributed by atoms with Crippen LogP contribution in [0, 0.1) is 0 Å². The number of allylic oxidation sites excluding steroid dienone is 2. The monoisotopic (exact) mass is 607 g/mol. The van der Waals surface area contributed by atoms with Gasteiger partial charge in [0.15, 0.2) is 5.54 Å². The van der Waals surface area contributed by atoms with E-state index in [-0.39, 0.29) is 16.6 Å². The Balaban J connectivity index is 0.000000945. The van der Waals surface area contributed by atoms with Crippen LogP contribution in [0.4, 0.5) is 5.69 Å². The molecule has 0 atom stereocenters. The van der Waals surface area contributed by atoms with Crippen LogP contribution in [-0.4, -0.2) is 46.3 Å². The molecule has 0 aromatic heterocycles. The maximum atomic E-state index is 12.5. The highest BCUT2D eigenvalue weighted by Crippen LogP contribution is 2.46. The average molecular weight is 608 g/mol. The molecule has 0 fully saturated rings. The molecule has 7 heteroatoms. The van der Waals surface area contributed by atoms with Gasteiger partial charge >= 0.3 is 5.97 Å². The summed E-state index contributed by atoms with van der Waals surface area (Å²) in [6.45, 7) is 20.4. The predicted molar refractivity (Wildman–Crippen MR) is 181 cm³/mol. The van der Waals surface area contributed by atoms with Crippen LogP contribution in [0.3, 0.4) is 0 Å². The number of aliphatic carboxylic acids is 1. The summed E-state index contributed by atoms with van der Waals surface area (Å²) in [5.74, 6) is -0.273. The quantitative estimate of drug-likeness (QED) is 0.256. The number of likely N-dealkylation sites (N-methyl/N-ethyl adjacent to an activating group) is 2. The molecule has 0 aliphatic carbocycles. The van der Waals surface area contributed by atoms with E-state index in [0.29, 0.717) is 5.56 Å². The number of hydrogen-bond donors (Lipinski definition) is 2. The van der Waals surface area contributed by atoms with E-state index in [1.165, 1.54) is 11.1 Å². The van der Waals surface area contributed by atoms with Crippen LogP contribution in [0.15, 0.2) is 60.7 Å². The minimum absolute atomic E-state index is 0.134. The van der Waals surface area contributed by atoms with Crippen molar-refractivity contribution in [2.75, 3.05) is 18.0 Å². The van der Waals surface area contributed by atoms with Crippen molar-refractivity contribution in [3.63, 3.8) is 0 Å². The number of carbonyl (C=O) groups is 2. The van der Waals surface area contributed by atoms with Crippen molar-refractivity contribution in [3.05, 3.63) is 99.1 Å². The molecular formula is C38H43N2O5+. The lowest BCUT2D eigenvalue weighted by molar-refractivity contribution is -0.134. The summed E-state index contributed by atoms with van der Waals surface area (Å²) in [4.78, 5) is 23.9. The molecule has 7 nitrogen and oxygen atoms in total. The molecule has 0 radical (unpaired) electrons. The van der Waals surface area contributed by atoms with Crippen LogP contribution in [0.25, 0.3) is 16.7 Å². The van der Waals surface area contributed by atoms with E-state index < -0.39 is 11.9 Å². The van der Waals surface area contributed by atoms with Gasteiger partial charge in [-0.05, 0) is 82.5 Å². The number of carboxylic acid groups (broad SMARTS) is 2. The van der Waals surface area contributed by atoms with E-state index in [1.807, 2.05) is 12.1 Å². The summed E-state index contributed by atoms with van der Waals surface area (Å²) in [6, 6.07) is 16.0. The van der Waals surface area contributed by atoms with E-state index in [0.717, 1.165) is 70.0 Å². The van der Waals surface area contributed by atoms with Gasteiger partial charge in [0.05, 0.1) is 17.2 Å². The summed E-state index contributed by atoms with van der Waals surface area (Å²) < 4.78 is 9.20.